The molecule has 0 amide bonds. The number of carbonyl (C=O) groups excluding carboxylic acids is 1. The number of aliphatic hydroxyl groups excluding tert-OH is 2. The molecule has 0 saturated heterocycles. The first-order valence-corrected chi connectivity index (χ1v) is 19.7. The topological polar surface area (TPSA) is 135 Å². The number of rotatable bonds is 14. The van der Waals surface area contributed by atoms with Crippen molar-refractivity contribution in [1.82, 2.24) is 15.0 Å². The Morgan fingerprint density at radius 1 is 0.614 bits per heavy atom. The Bertz CT molecular complexity index is 1990. The van der Waals surface area contributed by atoms with Gasteiger partial charge in [-0.1, -0.05) is 157 Å². The number of nitrogens with zero attached hydrogens (tertiary/aromatic N) is 3. The van der Waals surface area contributed by atoms with Crippen molar-refractivity contribution in [3.63, 3.8) is 0 Å². The van der Waals surface area contributed by atoms with Crippen molar-refractivity contribution in [3.8, 4) is 67.9 Å². The molecule has 0 aliphatic carbocycles. The van der Waals surface area contributed by atoms with E-state index >= 15 is 0 Å². The predicted octanol–water partition coefficient (Wildman–Crippen LogP) is 10.4. The number of hydrogen-bond donors (Lipinski definition) is 3. The van der Waals surface area contributed by atoms with Crippen LogP contribution in [0.5, 0.6) is 11.5 Å². The highest BCUT2D eigenvalue weighted by atomic mass is 16.6. The maximum Gasteiger partial charge on any atom is 0.347 e. The Morgan fingerprint density at radius 2 is 1.04 bits per heavy atom. The Kier molecular flexibility index (Phi) is 16.9. The summed E-state index contributed by atoms with van der Waals surface area (Å²) in [5.41, 5.74) is 5.29. The molecule has 6 rings (SSSR count). The molecule has 1 aromatic heterocycles. The standard InChI is InChI=1S/C42H39N3O6.C4H10.C2H6/c1-3-42(25-46,26-47)27-50-41(49)28(2)51-35-22-23-36(37(48)24-35)40-44-38(33-18-14-31(15-19-33)29-10-6-4-7-11-29)43-39(45-40)34-20-16-32(17-21-34)30-12-8-5-9-13-30;1-3-4-2;1-2/h4-24,28,46-48H,3,25-27H2,1-2H3;3-4H2,1-2H3;1-2H3. The first-order valence-electron chi connectivity index (χ1n) is 19.7. The molecule has 9 nitrogen and oxygen atoms in total. The SMILES string of the molecule is CC.CCC(CO)(CO)COC(=O)C(C)Oc1ccc(-c2nc(-c3ccc(-c4ccccc4)cc3)nc(-c3ccc(-c4ccccc4)cc3)n2)c(O)c1.CCCC. The third-order valence-corrected chi connectivity index (χ3v) is 9.43. The van der Waals surface area contributed by atoms with Crippen LogP contribution in [0, 0.1) is 5.41 Å². The maximum atomic E-state index is 12.7. The first-order chi connectivity index (χ1) is 27.7. The van der Waals surface area contributed by atoms with Crippen LogP contribution in [0.2, 0.25) is 0 Å². The van der Waals surface area contributed by atoms with E-state index in [0.717, 1.165) is 33.4 Å². The summed E-state index contributed by atoms with van der Waals surface area (Å²) in [5.74, 6) is 0.546. The monoisotopic (exact) mass is 769 g/mol. The average molecular weight is 770 g/mol. The third kappa shape index (κ3) is 11.8. The number of benzene rings is 5. The highest BCUT2D eigenvalue weighted by molar-refractivity contribution is 5.76. The highest BCUT2D eigenvalue weighted by Crippen LogP contribution is 2.34. The molecule has 0 spiro atoms. The van der Waals surface area contributed by atoms with Gasteiger partial charge in [-0.15, -0.1) is 0 Å². The highest BCUT2D eigenvalue weighted by Gasteiger charge is 2.30. The number of aromatic nitrogens is 3. The van der Waals surface area contributed by atoms with E-state index in [0.29, 0.717) is 23.6 Å². The summed E-state index contributed by atoms with van der Waals surface area (Å²) < 4.78 is 11.1. The van der Waals surface area contributed by atoms with Crippen LogP contribution in [0.1, 0.15) is 60.8 Å². The van der Waals surface area contributed by atoms with E-state index in [1.54, 1.807) is 19.1 Å². The van der Waals surface area contributed by atoms with Gasteiger partial charge in [0, 0.05) is 17.2 Å². The molecule has 1 atom stereocenters. The number of ether oxygens (including phenoxy) is 2. The van der Waals surface area contributed by atoms with Crippen molar-refractivity contribution in [1.29, 1.82) is 0 Å². The first kappa shape index (κ1) is 43.8. The lowest BCUT2D eigenvalue weighted by atomic mass is 9.88. The quantitative estimate of drug-likeness (QED) is 0.0925. The largest absolute Gasteiger partial charge is 0.507 e. The number of aromatic hydroxyl groups is 1. The maximum absolute atomic E-state index is 12.7. The van der Waals surface area contributed by atoms with Gasteiger partial charge in [0.1, 0.15) is 18.1 Å². The number of esters is 1. The Hall–Kier alpha value is -5.90. The van der Waals surface area contributed by atoms with Crippen molar-refractivity contribution >= 4 is 5.97 Å². The fraction of sp³-hybridized carbons (Fsp3) is 0.292. The van der Waals surface area contributed by atoms with E-state index in [2.05, 4.69) is 38.1 Å². The summed E-state index contributed by atoms with van der Waals surface area (Å²) in [6, 6.07) is 40.8. The zero-order chi connectivity index (χ0) is 41.2. The summed E-state index contributed by atoms with van der Waals surface area (Å²) in [5, 5.41) is 30.5. The van der Waals surface area contributed by atoms with Gasteiger partial charge in [-0.2, -0.15) is 0 Å². The zero-order valence-electron chi connectivity index (χ0n) is 33.9. The van der Waals surface area contributed by atoms with Gasteiger partial charge in [-0.05, 0) is 47.7 Å². The summed E-state index contributed by atoms with van der Waals surface area (Å²) in [6.07, 6.45) is 2.05. The molecular formula is C48H55N3O6. The van der Waals surface area contributed by atoms with E-state index in [1.807, 2.05) is 98.8 Å². The normalized spacial score (nSPS) is 11.3. The molecular weight excluding hydrogens is 715 g/mol. The molecule has 1 heterocycles. The van der Waals surface area contributed by atoms with Gasteiger partial charge in [-0.25, -0.2) is 19.7 Å². The third-order valence-electron chi connectivity index (χ3n) is 9.43. The van der Waals surface area contributed by atoms with Gasteiger partial charge >= 0.3 is 5.97 Å². The van der Waals surface area contributed by atoms with Crippen LogP contribution in [-0.2, 0) is 9.53 Å². The number of phenolic OH excluding ortho intramolecular Hbond substituents is 1. The molecule has 9 heteroatoms. The van der Waals surface area contributed by atoms with Gasteiger partial charge in [-0.3, -0.25) is 0 Å². The van der Waals surface area contributed by atoms with Crippen molar-refractivity contribution in [2.75, 3.05) is 19.8 Å². The Balaban J connectivity index is 0.00000113. The van der Waals surface area contributed by atoms with E-state index < -0.39 is 17.5 Å². The van der Waals surface area contributed by atoms with E-state index in [4.69, 9.17) is 24.4 Å². The van der Waals surface area contributed by atoms with Crippen LogP contribution in [0.3, 0.4) is 0 Å². The minimum atomic E-state index is -1.02. The van der Waals surface area contributed by atoms with Crippen molar-refractivity contribution in [2.45, 2.75) is 66.9 Å². The number of hydrogen-bond acceptors (Lipinski definition) is 9. The summed E-state index contributed by atoms with van der Waals surface area (Å²) in [4.78, 5) is 27.1. The van der Waals surface area contributed by atoms with Crippen molar-refractivity contribution < 1.29 is 29.6 Å². The molecule has 0 aliphatic heterocycles. The number of unbranched alkanes of at least 4 members (excludes halogenated alkanes) is 1. The molecule has 298 valence electrons. The lowest BCUT2D eigenvalue weighted by molar-refractivity contribution is -0.157. The number of aliphatic hydroxyl groups is 2. The van der Waals surface area contributed by atoms with Gasteiger partial charge in [0.2, 0.25) is 0 Å². The average Bonchev–Trinajstić information content (AvgIpc) is 3.28. The van der Waals surface area contributed by atoms with Gasteiger partial charge in [0.15, 0.2) is 23.6 Å². The predicted molar refractivity (Wildman–Crippen MR) is 229 cm³/mol. The summed E-state index contributed by atoms with van der Waals surface area (Å²) >= 11 is 0. The fourth-order valence-electron chi connectivity index (χ4n) is 5.47. The Morgan fingerprint density at radius 3 is 1.44 bits per heavy atom. The molecule has 0 fully saturated rings. The molecule has 5 aromatic carbocycles. The summed E-state index contributed by atoms with van der Waals surface area (Å²) in [7, 11) is 0. The van der Waals surface area contributed by atoms with Gasteiger partial charge in [0.25, 0.3) is 0 Å². The van der Waals surface area contributed by atoms with Gasteiger partial charge in [0.05, 0.1) is 24.2 Å². The summed E-state index contributed by atoms with van der Waals surface area (Å²) in [6.45, 7) is 10.9. The zero-order valence-corrected chi connectivity index (χ0v) is 33.9. The molecule has 6 aromatic rings. The number of phenols is 1. The van der Waals surface area contributed by atoms with Crippen molar-refractivity contribution in [2.24, 2.45) is 5.41 Å². The van der Waals surface area contributed by atoms with E-state index in [-0.39, 0.29) is 37.1 Å². The fourth-order valence-corrected chi connectivity index (χ4v) is 5.47. The lowest BCUT2D eigenvalue weighted by Crippen LogP contribution is -2.37. The smallest absolute Gasteiger partial charge is 0.347 e. The van der Waals surface area contributed by atoms with E-state index in [9.17, 15) is 20.1 Å². The second kappa shape index (κ2) is 22.0. The van der Waals surface area contributed by atoms with Crippen LogP contribution < -0.4 is 4.74 Å². The molecule has 1 unspecified atom stereocenters. The van der Waals surface area contributed by atoms with Crippen LogP contribution >= 0.6 is 0 Å². The Labute approximate surface area is 337 Å². The van der Waals surface area contributed by atoms with Crippen LogP contribution in [-0.4, -0.2) is 62.2 Å². The molecule has 0 saturated carbocycles. The second-order valence-corrected chi connectivity index (χ2v) is 13.4. The second-order valence-electron chi connectivity index (χ2n) is 13.4. The number of carbonyl (C=O) groups is 1. The van der Waals surface area contributed by atoms with E-state index in [1.165, 1.54) is 25.8 Å². The molecule has 3 N–H and O–H groups in total. The van der Waals surface area contributed by atoms with Crippen molar-refractivity contribution in [3.05, 3.63) is 127 Å². The van der Waals surface area contributed by atoms with Crippen LogP contribution in [0.15, 0.2) is 127 Å². The van der Waals surface area contributed by atoms with Gasteiger partial charge < -0.3 is 24.8 Å². The van der Waals surface area contributed by atoms with Crippen LogP contribution in [0.25, 0.3) is 56.4 Å². The lowest BCUT2D eigenvalue weighted by Gasteiger charge is -2.28. The minimum Gasteiger partial charge on any atom is -0.507 e. The molecule has 0 radical (unpaired) electrons. The molecule has 57 heavy (non-hydrogen) atoms. The molecule has 0 aliphatic rings. The van der Waals surface area contributed by atoms with Crippen LogP contribution in [0.4, 0.5) is 0 Å². The minimum absolute atomic E-state index is 0.152. The molecule has 0 bridgehead atoms.